The van der Waals surface area contributed by atoms with Gasteiger partial charge >= 0.3 is 0 Å². The summed E-state index contributed by atoms with van der Waals surface area (Å²) in [6, 6.07) is 23.7. The van der Waals surface area contributed by atoms with Crippen molar-refractivity contribution in [1.29, 1.82) is 0 Å². The van der Waals surface area contributed by atoms with Crippen molar-refractivity contribution in [1.82, 2.24) is 10.2 Å². The molecule has 0 aliphatic carbocycles. The van der Waals surface area contributed by atoms with Gasteiger partial charge in [-0.3, -0.25) is 14.4 Å². The number of rotatable bonds is 8. The summed E-state index contributed by atoms with van der Waals surface area (Å²) in [5.41, 5.74) is 5.12. The van der Waals surface area contributed by atoms with E-state index in [2.05, 4.69) is 50.2 Å². The van der Waals surface area contributed by atoms with Gasteiger partial charge in [-0.1, -0.05) is 48.5 Å². The monoisotopic (exact) mass is 492 g/mol. The minimum absolute atomic E-state index is 0.243. The predicted molar refractivity (Wildman–Crippen MR) is 141 cm³/mol. The summed E-state index contributed by atoms with van der Waals surface area (Å²) in [5, 5.41) is 2.99. The van der Waals surface area contributed by atoms with Crippen LogP contribution in [0.5, 0.6) is 0 Å². The van der Waals surface area contributed by atoms with Crippen molar-refractivity contribution < 1.29 is 13.2 Å². The molecule has 0 saturated carbocycles. The number of sulfonamides is 1. The predicted octanol–water partition coefficient (Wildman–Crippen LogP) is 3.62. The van der Waals surface area contributed by atoms with Gasteiger partial charge in [0.1, 0.15) is 0 Å². The average Bonchev–Trinajstić information content (AvgIpc) is 2.85. The second kappa shape index (κ2) is 10.9. The molecule has 0 atom stereocenters. The largest absolute Gasteiger partial charge is 0.369 e. The highest BCUT2D eigenvalue weighted by molar-refractivity contribution is 7.92. The quantitative estimate of drug-likeness (QED) is 0.502. The van der Waals surface area contributed by atoms with Gasteiger partial charge in [-0.2, -0.15) is 0 Å². The highest BCUT2D eigenvalue weighted by atomic mass is 32.2. The normalized spacial score (nSPS) is 14.5. The Labute approximate surface area is 207 Å². The molecule has 4 rings (SSSR count). The molecular weight excluding hydrogens is 460 g/mol. The minimum Gasteiger partial charge on any atom is -0.369 e. The summed E-state index contributed by atoms with van der Waals surface area (Å²) < 4.78 is 25.7. The highest BCUT2D eigenvalue weighted by Crippen LogP contribution is 2.20. The fraction of sp³-hybridized carbons (Fsp3) is 0.296. The first-order valence-electron chi connectivity index (χ1n) is 11.7. The van der Waals surface area contributed by atoms with Crippen LogP contribution in [-0.2, 0) is 23.1 Å². The molecule has 0 unspecified atom stereocenters. The number of piperazine rings is 1. The van der Waals surface area contributed by atoms with Crippen molar-refractivity contribution in [3.8, 4) is 0 Å². The molecule has 3 aromatic rings. The first kappa shape index (κ1) is 24.8. The van der Waals surface area contributed by atoms with E-state index in [9.17, 15) is 13.2 Å². The van der Waals surface area contributed by atoms with Gasteiger partial charge < -0.3 is 10.2 Å². The molecular formula is C27H32N4O3S. The van der Waals surface area contributed by atoms with Crippen molar-refractivity contribution in [3.63, 3.8) is 0 Å². The second-order valence-electron chi connectivity index (χ2n) is 8.95. The molecule has 1 heterocycles. The van der Waals surface area contributed by atoms with Gasteiger partial charge in [0.25, 0.3) is 5.91 Å². The molecule has 0 bridgehead atoms. The first-order valence-corrected chi connectivity index (χ1v) is 13.6. The molecule has 1 saturated heterocycles. The Balaban J connectivity index is 1.36. The van der Waals surface area contributed by atoms with Gasteiger partial charge in [0.15, 0.2) is 0 Å². The number of para-hydroxylation sites is 1. The zero-order chi connectivity index (χ0) is 24.8. The zero-order valence-electron chi connectivity index (χ0n) is 20.2. The molecule has 184 valence electrons. The number of benzene rings is 3. The molecule has 0 spiro atoms. The third kappa shape index (κ3) is 6.83. The van der Waals surface area contributed by atoms with E-state index in [1.54, 1.807) is 25.1 Å². The van der Waals surface area contributed by atoms with Crippen LogP contribution in [0.2, 0.25) is 0 Å². The van der Waals surface area contributed by atoms with Gasteiger partial charge in [-0.25, -0.2) is 8.42 Å². The SMILES string of the molecule is Cc1ccc(C(=O)NCc2ccccc2CN2CCN(c3ccccc3)CC2)cc1NS(C)(=O)=O. The Morgan fingerprint density at radius 3 is 2.23 bits per heavy atom. The number of nitrogens with zero attached hydrogens (tertiary/aromatic N) is 2. The maximum Gasteiger partial charge on any atom is 0.251 e. The molecule has 7 nitrogen and oxygen atoms in total. The number of hydrogen-bond acceptors (Lipinski definition) is 5. The van der Waals surface area contributed by atoms with E-state index in [0.29, 0.717) is 17.8 Å². The maximum atomic E-state index is 12.8. The van der Waals surface area contributed by atoms with E-state index in [4.69, 9.17) is 0 Å². The lowest BCUT2D eigenvalue weighted by Crippen LogP contribution is -2.46. The van der Waals surface area contributed by atoms with E-state index in [1.807, 2.05) is 24.3 Å². The Kier molecular flexibility index (Phi) is 7.73. The van der Waals surface area contributed by atoms with Gasteiger partial charge in [0.05, 0.1) is 11.9 Å². The fourth-order valence-corrected chi connectivity index (χ4v) is 4.90. The lowest BCUT2D eigenvalue weighted by atomic mass is 10.1. The number of carbonyl (C=O) groups excluding carboxylic acids is 1. The smallest absolute Gasteiger partial charge is 0.251 e. The van der Waals surface area contributed by atoms with E-state index >= 15 is 0 Å². The summed E-state index contributed by atoms with van der Waals surface area (Å²) in [6.45, 7) is 6.97. The topological polar surface area (TPSA) is 81.8 Å². The summed E-state index contributed by atoms with van der Waals surface area (Å²) in [5.74, 6) is -0.243. The molecule has 0 aromatic heterocycles. The summed E-state index contributed by atoms with van der Waals surface area (Å²) in [6.07, 6.45) is 1.09. The fourth-order valence-electron chi connectivity index (χ4n) is 4.28. The number of anilines is 2. The molecule has 2 N–H and O–H groups in total. The summed E-state index contributed by atoms with van der Waals surface area (Å²) in [4.78, 5) is 17.7. The third-order valence-electron chi connectivity index (χ3n) is 6.24. The zero-order valence-corrected chi connectivity index (χ0v) is 21.0. The van der Waals surface area contributed by atoms with Gasteiger partial charge in [0, 0.05) is 50.5 Å². The van der Waals surface area contributed by atoms with Crippen LogP contribution in [0, 0.1) is 6.92 Å². The Hall–Kier alpha value is -3.36. The van der Waals surface area contributed by atoms with Crippen molar-refractivity contribution in [2.45, 2.75) is 20.0 Å². The van der Waals surface area contributed by atoms with Crippen LogP contribution in [0.3, 0.4) is 0 Å². The van der Waals surface area contributed by atoms with Crippen LogP contribution in [0.1, 0.15) is 27.0 Å². The number of nitrogens with one attached hydrogen (secondary N) is 2. The van der Waals surface area contributed by atoms with E-state index in [0.717, 1.165) is 50.1 Å². The molecule has 1 aliphatic rings. The number of hydrogen-bond donors (Lipinski definition) is 2. The Morgan fingerprint density at radius 2 is 1.54 bits per heavy atom. The summed E-state index contributed by atoms with van der Waals surface area (Å²) >= 11 is 0. The molecule has 1 fully saturated rings. The maximum absolute atomic E-state index is 12.8. The molecule has 3 aromatic carbocycles. The van der Waals surface area contributed by atoms with Crippen LogP contribution in [0.4, 0.5) is 11.4 Å². The van der Waals surface area contributed by atoms with Gasteiger partial charge in [-0.05, 0) is 47.9 Å². The van der Waals surface area contributed by atoms with E-state index in [-0.39, 0.29) is 5.91 Å². The third-order valence-corrected chi connectivity index (χ3v) is 6.83. The summed E-state index contributed by atoms with van der Waals surface area (Å²) in [7, 11) is -3.43. The number of carbonyl (C=O) groups is 1. The second-order valence-corrected chi connectivity index (χ2v) is 10.7. The van der Waals surface area contributed by atoms with Crippen LogP contribution >= 0.6 is 0 Å². The Bertz CT molecular complexity index is 1270. The Morgan fingerprint density at radius 1 is 0.886 bits per heavy atom. The molecule has 1 amide bonds. The highest BCUT2D eigenvalue weighted by Gasteiger charge is 2.18. The van der Waals surface area contributed by atoms with E-state index in [1.165, 1.54) is 11.3 Å². The van der Waals surface area contributed by atoms with Crippen molar-refractivity contribution in [2.75, 3.05) is 42.1 Å². The minimum atomic E-state index is -3.43. The van der Waals surface area contributed by atoms with Crippen LogP contribution in [0.15, 0.2) is 72.8 Å². The lowest BCUT2D eigenvalue weighted by Gasteiger charge is -2.36. The van der Waals surface area contributed by atoms with Crippen molar-refractivity contribution in [2.24, 2.45) is 0 Å². The van der Waals surface area contributed by atoms with Crippen LogP contribution in [0.25, 0.3) is 0 Å². The standard InChI is InChI=1S/C27H32N4O3S/c1-21-12-13-22(18-26(21)29-35(2,33)34)27(32)28-19-23-8-6-7-9-24(23)20-30-14-16-31(17-15-30)25-10-4-3-5-11-25/h3-13,18,29H,14-17,19-20H2,1-2H3,(H,28,32). The first-order chi connectivity index (χ1) is 16.8. The number of aryl methyl sites for hydroxylation is 1. The van der Waals surface area contributed by atoms with E-state index < -0.39 is 10.0 Å². The molecule has 8 heteroatoms. The average molecular weight is 493 g/mol. The lowest BCUT2D eigenvalue weighted by molar-refractivity contribution is 0.0950. The molecule has 35 heavy (non-hydrogen) atoms. The molecule has 0 radical (unpaired) electrons. The van der Waals surface area contributed by atoms with Crippen molar-refractivity contribution >= 4 is 27.3 Å². The van der Waals surface area contributed by atoms with Crippen LogP contribution < -0.4 is 14.9 Å². The van der Waals surface area contributed by atoms with Gasteiger partial charge in [-0.15, -0.1) is 0 Å². The van der Waals surface area contributed by atoms with Crippen molar-refractivity contribution in [3.05, 3.63) is 95.1 Å². The van der Waals surface area contributed by atoms with Crippen LogP contribution in [-0.4, -0.2) is 51.7 Å². The number of amides is 1. The molecule has 1 aliphatic heterocycles. The van der Waals surface area contributed by atoms with Gasteiger partial charge in [0.2, 0.25) is 10.0 Å².